The van der Waals surface area contributed by atoms with Crippen LogP contribution in [-0.4, -0.2) is 61.6 Å². The normalized spacial score (nSPS) is 13.6. The number of carbonyl (C=O) groups excluding carboxylic acids is 1. The third kappa shape index (κ3) is 11.6. The van der Waals surface area contributed by atoms with Crippen molar-refractivity contribution in [1.82, 2.24) is 9.55 Å². The number of aromatic nitrogens is 2. The van der Waals surface area contributed by atoms with Gasteiger partial charge in [-0.1, -0.05) is 130 Å². The van der Waals surface area contributed by atoms with Crippen LogP contribution >= 0.6 is 23.2 Å². The minimum atomic E-state index is -3.76. The number of nitrogens with one attached hydrogen (secondary N) is 1. The molecule has 59 heavy (non-hydrogen) atoms. The second-order valence-electron chi connectivity index (χ2n) is 15.1. The molecule has 0 aliphatic carbocycles. The van der Waals surface area contributed by atoms with Crippen LogP contribution in [0.25, 0.3) is 10.9 Å². The van der Waals surface area contributed by atoms with E-state index in [4.69, 9.17) is 32.9 Å². The van der Waals surface area contributed by atoms with E-state index in [0.717, 1.165) is 49.2 Å². The molecule has 1 aliphatic heterocycles. The van der Waals surface area contributed by atoms with E-state index in [0.29, 0.717) is 36.2 Å². The summed E-state index contributed by atoms with van der Waals surface area (Å²) in [5.74, 6) is -0.729. The molecule has 1 fully saturated rings. The van der Waals surface area contributed by atoms with Gasteiger partial charge in [0.2, 0.25) is 0 Å². The molecule has 312 valence electrons. The molecule has 6 rings (SSSR count). The first-order valence-corrected chi connectivity index (χ1v) is 23.1. The first-order valence-electron chi connectivity index (χ1n) is 20.6. The number of unbranched alkanes of at least 4 members (excludes halogenated alkanes) is 9. The van der Waals surface area contributed by atoms with Gasteiger partial charge < -0.3 is 19.5 Å². The highest BCUT2D eigenvalue weighted by Gasteiger charge is 2.26. The molecule has 5 aromatic rings. The number of rotatable bonds is 19. The predicted molar refractivity (Wildman–Crippen MR) is 241 cm³/mol. The third-order valence-electron chi connectivity index (χ3n) is 10.7. The van der Waals surface area contributed by atoms with Crippen molar-refractivity contribution in [2.45, 2.75) is 89.5 Å². The lowest BCUT2D eigenvalue weighted by molar-refractivity contribution is -0.110. The van der Waals surface area contributed by atoms with Crippen molar-refractivity contribution in [3.63, 3.8) is 0 Å². The molecular formula is C46H53Cl2N5O5S. The molecule has 0 saturated carbocycles. The number of amides is 1. The van der Waals surface area contributed by atoms with E-state index in [1.54, 1.807) is 16.7 Å². The Hall–Kier alpha value is -4.55. The molecule has 10 nitrogen and oxygen atoms in total. The number of nitrogens with zero attached hydrogens (tertiary/aromatic N) is 4. The molecule has 4 aromatic carbocycles. The van der Waals surface area contributed by atoms with E-state index in [2.05, 4.69) is 22.1 Å². The molecule has 1 N–H and O–H groups in total. The smallest absolute Gasteiger partial charge is 0.281 e. The van der Waals surface area contributed by atoms with Gasteiger partial charge >= 0.3 is 0 Å². The average Bonchev–Trinajstić information content (AvgIpc) is 3.24. The molecule has 0 spiro atoms. The Morgan fingerprint density at radius 3 is 2.19 bits per heavy atom. The molecule has 0 bridgehead atoms. The maximum Gasteiger partial charge on any atom is 0.281 e. The van der Waals surface area contributed by atoms with Crippen molar-refractivity contribution in [2.24, 2.45) is 4.99 Å². The second kappa shape index (κ2) is 21.1. The first-order chi connectivity index (χ1) is 28.6. The lowest BCUT2D eigenvalue weighted by atomic mass is 10.1. The van der Waals surface area contributed by atoms with Gasteiger partial charge in [-0.25, -0.2) is 13.4 Å². The van der Waals surface area contributed by atoms with Gasteiger partial charge in [0.05, 0.1) is 56.2 Å². The Kier molecular flexibility index (Phi) is 15.8. The van der Waals surface area contributed by atoms with Gasteiger partial charge in [0, 0.05) is 25.3 Å². The predicted octanol–water partition coefficient (Wildman–Crippen LogP) is 10.4. The number of hydrogen-bond donors (Lipinski definition) is 1. The summed E-state index contributed by atoms with van der Waals surface area (Å²) < 4.78 is 34.3. The largest absolute Gasteiger partial charge is 0.378 e. The zero-order chi connectivity index (χ0) is 41.8. The van der Waals surface area contributed by atoms with Crippen molar-refractivity contribution in [2.75, 3.05) is 42.3 Å². The van der Waals surface area contributed by atoms with Crippen LogP contribution < -0.4 is 15.8 Å². The van der Waals surface area contributed by atoms with Crippen LogP contribution in [0.3, 0.4) is 0 Å². The summed E-state index contributed by atoms with van der Waals surface area (Å²) in [5.41, 5.74) is 3.22. The zero-order valence-corrected chi connectivity index (χ0v) is 36.2. The van der Waals surface area contributed by atoms with Gasteiger partial charge in [0.15, 0.2) is 21.4 Å². The molecule has 0 atom stereocenters. The minimum absolute atomic E-state index is 0.0112. The fourth-order valence-corrected chi connectivity index (χ4v) is 9.62. The van der Waals surface area contributed by atoms with Gasteiger partial charge in [-0.2, -0.15) is 4.98 Å². The van der Waals surface area contributed by atoms with Crippen molar-refractivity contribution in [1.29, 1.82) is 0 Å². The number of morpholine rings is 1. The summed E-state index contributed by atoms with van der Waals surface area (Å²) in [6.07, 6.45) is 10.8. The number of benzene rings is 4. The summed E-state index contributed by atoms with van der Waals surface area (Å²) in [6.45, 7) is 7.18. The molecule has 13 heteroatoms. The maximum atomic E-state index is 14.6. The fourth-order valence-electron chi connectivity index (χ4n) is 7.37. The number of hydrogen-bond acceptors (Lipinski definition) is 8. The number of fused-ring (bicyclic) bond motifs is 1. The Morgan fingerprint density at radius 1 is 0.831 bits per heavy atom. The van der Waals surface area contributed by atoms with Crippen LogP contribution in [-0.2, 0) is 25.9 Å². The van der Waals surface area contributed by atoms with E-state index in [9.17, 15) is 18.0 Å². The molecule has 1 amide bonds. The van der Waals surface area contributed by atoms with Gasteiger partial charge in [-0.05, 0) is 66.9 Å². The SMILES string of the molecule is CCCCCCCCCCCCS(=O)(=O)c1cc(Cl)c(NC(=O)C(=Nc2ccc(N3CCOCC3)cc2C)c2nc(=O)c3ccccc3n2Cc2ccccc2)cc1Cl. The Bertz CT molecular complexity index is 2430. The zero-order valence-electron chi connectivity index (χ0n) is 33.9. The summed E-state index contributed by atoms with van der Waals surface area (Å²) >= 11 is 13.4. The molecule has 1 aliphatic rings. The first kappa shape index (κ1) is 44.0. The fraction of sp³-hybridized carbons (Fsp3) is 0.391. The highest BCUT2D eigenvalue weighted by Crippen LogP contribution is 2.34. The Labute approximate surface area is 357 Å². The van der Waals surface area contributed by atoms with Crippen LogP contribution in [0, 0.1) is 6.92 Å². The van der Waals surface area contributed by atoms with Crippen molar-refractivity contribution < 1.29 is 17.9 Å². The van der Waals surface area contributed by atoms with Gasteiger partial charge in [0.1, 0.15) is 0 Å². The van der Waals surface area contributed by atoms with Crippen LogP contribution in [0.4, 0.5) is 17.1 Å². The highest BCUT2D eigenvalue weighted by molar-refractivity contribution is 7.91. The summed E-state index contributed by atoms with van der Waals surface area (Å²) in [7, 11) is -3.76. The number of halogens is 2. The molecule has 2 heterocycles. The van der Waals surface area contributed by atoms with E-state index < -0.39 is 21.3 Å². The van der Waals surface area contributed by atoms with Crippen LogP contribution in [0.5, 0.6) is 0 Å². The average molecular weight is 859 g/mol. The number of aliphatic imine (C=N–C) groups is 1. The summed E-state index contributed by atoms with van der Waals surface area (Å²) in [4.78, 5) is 39.8. The lowest BCUT2D eigenvalue weighted by Crippen LogP contribution is -2.36. The number of sulfone groups is 1. The quantitative estimate of drug-likeness (QED) is 0.0648. The minimum Gasteiger partial charge on any atom is -0.378 e. The Morgan fingerprint density at radius 2 is 1.49 bits per heavy atom. The highest BCUT2D eigenvalue weighted by atomic mass is 35.5. The van der Waals surface area contributed by atoms with Crippen molar-refractivity contribution in [3.8, 4) is 0 Å². The number of anilines is 2. The maximum absolute atomic E-state index is 14.6. The number of ether oxygens (including phenoxy) is 1. The lowest BCUT2D eigenvalue weighted by Gasteiger charge is -2.29. The van der Waals surface area contributed by atoms with Crippen molar-refractivity contribution >= 4 is 72.6 Å². The van der Waals surface area contributed by atoms with Crippen LogP contribution in [0.15, 0.2) is 99.6 Å². The number of para-hydroxylation sites is 1. The number of aryl methyl sites for hydroxylation is 1. The monoisotopic (exact) mass is 857 g/mol. The van der Waals surface area contributed by atoms with E-state index in [1.165, 1.54) is 50.7 Å². The summed E-state index contributed by atoms with van der Waals surface area (Å²) in [5, 5.41) is 3.14. The van der Waals surface area contributed by atoms with E-state index in [-0.39, 0.29) is 44.5 Å². The molecular weight excluding hydrogens is 806 g/mol. The third-order valence-corrected chi connectivity index (χ3v) is 13.2. The summed E-state index contributed by atoms with van der Waals surface area (Å²) in [6, 6.07) is 25.2. The molecule has 0 unspecified atom stereocenters. The van der Waals surface area contributed by atoms with Gasteiger partial charge in [-0.15, -0.1) is 0 Å². The molecule has 1 saturated heterocycles. The van der Waals surface area contributed by atoms with E-state index in [1.807, 2.05) is 67.6 Å². The van der Waals surface area contributed by atoms with Crippen molar-refractivity contribution in [3.05, 3.63) is 122 Å². The van der Waals surface area contributed by atoms with Gasteiger partial charge in [0.25, 0.3) is 11.5 Å². The Balaban J connectivity index is 1.31. The van der Waals surface area contributed by atoms with E-state index >= 15 is 0 Å². The van der Waals surface area contributed by atoms with Gasteiger partial charge in [-0.3, -0.25) is 9.59 Å². The van der Waals surface area contributed by atoms with Crippen LogP contribution in [0.2, 0.25) is 10.0 Å². The second-order valence-corrected chi connectivity index (χ2v) is 18.0. The topological polar surface area (TPSA) is 123 Å². The number of carbonyl (C=O) groups is 1. The molecule has 0 radical (unpaired) electrons. The molecule has 1 aromatic heterocycles. The van der Waals surface area contributed by atoms with Crippen LogP contribution in [0.1, 0.15) is 88.1 Å². The standard InChI is InChI=1S/C46H53Cl2N5O5S/c1-3-4-5-6-7-8-9-10-11-17-28-59(56,57)42-31-37(47)40(30-38(42)48)50-46(55)43(49-39-23-22-35(29-33(39)2)52-24-26-58-27-25-52)44-51-45(54)36-20-15-16-21-41(36)53(44)32-34-18-13-12-14-19-34/h12-16,18-23,29-31H,3-11,17,24-28,32H2,1-2H3,(H,50,55).